The summed E-state index contributed by atoms with van der Waals surface area (Å²) >= 11 is 0. The molecule has 3 heteroatoms. The zero-order valence-corrected chi connectivity index (χ0v) is 11.3. The van der Waals surface area contributed by atoms with Crippen LogP contribution in [-0.4, -0.2) is 38.1 Å². The number of carbonyl (C=O) groups excluding carboxylic acids is 1. The van der Waals surface area contributed by atoms with Gasteiger partial charge in [0.05, 0.1) is 33.7 Å². The molecular formula is C15H21NO2. The fourth-order valence-electron chi connectivity index (χ4n) is 1.25. The molecule has 1 aromatic rings. The Balaban J connectivity index is 0.000000360. The Hall–Kier alpha value is -1.87. The lowest BCUT2D eigenvalue weighted by molar-refractivity contribution is -0.864. The van der Waals surface area contributed by atoms with Crippen molar-refractivity contribution in [2.75, 3.05) is 27.7 Å². The van der Waals surface area contributed by atoms with E-state index < -0.39 is 5.97 Å². The van der Waals surface area contributed by atoms with E-state index in [4.69, 9.17) is 0 Å². The first kappa shape index (κ1) is 16.1. The van der Waals surface area contributed by atoms with Crippen molar-refractivity contribution < 1.29 is 14.4 Å². The summed E-state index contributed by atoms with van der Waals surface area (Å²) in [5.74, 6) is -1.17. The molecule has 0 unspecified atom stereocenters. The van der Waals surface area contributed by atoms with Gasteiger partial charge in [-0.05, 0) is 11.6 Å². The summed E-state index contributed by atoms with van der Waals surface area (Å²) in [5, 5.41) is 10.4. The Labute approximate surface area is 109 Å². The molecule has 0 aliphatic carbocycles. The zero-order valence-electron chi connectivity index (χ0n) is 11.3. The van der Waals surface area contributed by atoms with Crippen molar-refractivity contribution in [2.45, 2.75) is 0 Å². The number of carboxylic acids is 1. The smallest absolute Gasteiger partial charge is 0.0964 e. The lowest BCUT2D eigenvalue weighted by Crippen LogP contribution is -2.33. The molecule has 0 N–H and O–H groups in total. The molecule has 0 bridgehead atoms. The van der Waals surface area contributed by atoms with Crippen molar-refractivity contribution >= 4 is 12.0 Å². The van der Waals surface area contributed by atoms with E-state index in [1.54, 1.807) is 18.2 Å². The van der Waals surface area contributed by atoms with Gasteiger partial charge in [-0.15, -0.1) is 0 Å². The number of quaternary nitrogens is 1. The number of carboxylic acid groups (broad SMARTS) is 1. The van der Waals surface area contributed by atoms with Gasteiger partial charge in [-0.25, -0.2) is 0 Å². The van der Waals surface area contributed by atoms with E-state index >= 15 is 0 Å². The highest BCUT2D eigenvalue weighted by molar-refractivity contribution is 5.90. The van der Waals surface area contributed by atoms with Gasteiger partial charge in [0, 0.05) is 5.56 Å². The predicted molar refractivity (Wildman–Crippen MR) is 74.0 cm³/mol. The van der Waals surface area contributed by atoms with E-state index in [9.17, 15) is 9.90 Å². The van der Waals surface area contributed by atoms with Gasteiger partial charge in [-0.2, -0.15) is 0 Å². The van der Waals surface area contributed by atoms with Gasteiger partial charge in [0.2, 0.25) is 0 Å². The maximum atomic E-state index is 10.4. The molecule has 0 atom stereocenters. The fourth-order valence-corrected chi connectivity index (χ4v) is 1.25. The molecule has 0 amide bonds. The molecule has 0 radical (unpaired) electrons. The third kappa shape index (κ3) is 6.66. The molecule has 0 saturated carbocycles. The number of aromatic carboxylic acids is 1. The van der Waals surface area contributed by atoms with E-state index in [-0.39, 0.29) is 5.56 Å². The van der Waals surface area contributed by atoms with Crippen LogP contribution in [0.3, 0.4) is 0 Å². The van der Waals surface area contributed by atoms with Gasteiger partial charge < -0.3 is 14.4 Å². The van der Waals surface area contributed by atoms with Gasteiger partial charge in [0.1, 0.15) is 0 Å². The number of hydrogen-bond acceptors (Lipinski definition) is 2. The first-order valence-corrected chi connectivity index (χ1v) is 5.66. The highest BCUT2D eigenvalue weighted by atomic mass is 16.4. The van der Waals surface area contributed by atoms with Gasteiger partial charge in [0.25, 0.3) is 0 Å². The Bertz CT molecular complexity index is 417. The summed E-state index contributed by atoms with van der Waals surface area (Å²) < 4.78 is 0.976. The minimum Gasteiger partial charge on any atom is -0.545 e. The van der Waals surface area contributed by atoms with E-state index in [2.05, 4.69) is 34.3 Å². The molecule has 0 heterocycles. The molecule has 0 spiro atoms. The SMILES string of the molecule is C=CC[N+](C)(C)C.C=Cc1ccccc1C(=O)[O-]. The number of carbonyl (C=O) groups is 1. The first-order valence-electron chi connectivity index (χ1n) is 5.66. The Morgan fingerprint density at radius 2 is 1.83 bits per heavy atom. The minimum atomic E-state index is -1.17. The quantitative estimate of drug-likeness (QED) is 0.598. The number of benzene rings is 1. The van der Waals surface area contributed by atoms with E-state index in [1.807, 2.05) is 6.08 Å². The zero-order chi connectivity index (χ0) is 14.2. The van der Waals surface area contributed by atoms with Crippen LogP contribution in [-0.2, 0) is 0 Å². The molecule has 0 aromatic heterocycles. The number of rotatable bonds is 4. The van der Waals surface area contributed by atoms with Crippen molar-refractivity contribution in [1.82, 2.24) is 0 Å². The lowest BCUT2D eigenvalue weighted by Gasteiger charge is -2.21. The average Bonchev–Trinajstić information content (AvgIpc) is 2.28. The topological polar surface area (TPSA) is 40.1 Å². The summed E-state index contributed by atoms with van der Waals surface area (Å²) in [6.45, 7) is 8.15. The lowest BCUT2D eigenvalue weighted by atomic mass is 10.1. The average molecular weight is 247 g/mol. The predicted octanol–water partition coefficient (Wildman–Crippen LogP) is 1.57. The summed E-state index contributed by atoms with van der Waals surface area (Å²) in [4.78, 5) is 10.4. The Kier molecular flexibility index (Phi) is 6.68. The minimum absolute atomic E-state index is 0.183. The van der Waals surface area contributed by atoms with Gasteiger partial charge in [-0.3, -0.25) is 0 Å². The molecule has 0 saturated heterocycles. The second-order valence-electron chi connectivity index (χ2n) is 4.84. The van der Waals surface area contributed by atoms with Crippen LogP contribution in [0.5, 0.6) is 0 Å². The van der Waals surface area contributed by atoms with Gasteiger partial charge in [-0.1, -0.05) is 43.5 Å². The molecule has 1 rings (SSSR count). The van der Waals surface area contributed by atoms with Crippen molar-refractivity contribution in [3.05, 3.63) is 54.6 Å². The second kappa shape index (κ2) is 7.45. The Morgan fingerprint density at radius 1 is 1.28 bits per heavy atom. The third-order valence-electron chi connectivity index (χ3n) is 2.08. The van der Waals surface area contributed by atoms with Crippen molar-refractivity contribution in [2.24, 2.45) is 0 Å². The summed E-state index contributed by atoms with van der Waals surface area (Å²) in [7, 11) is 6.42. The molecule has 98 valence electrons. The van der Waals surface area contributed by atoms with Crippen molar-refractivity contribution in [1.29, 1.82) is 0 Å². The monoisotopic (exact) mass is 247 g/mol. The number of hydrogen-bond donors (Lipinski definition) is 0. The maximum Gasteiger partial charge on any atom is 0.0964 e. The molecule has 0 aliphatic heterocycles. The molecule has 0 fully saturated rings. The summed E-state index contributed by atoms with van der Waals surface area (Å²) in [6, 6.07) is 6.58. The second-order valence-corrected chi connectivity index (χ2v) is 4.84. The van der Waals surface area contributed by atoms with Crippen LogP contribution in [0.25, 0.3) is 6.08 Å². The van der Waals surface area contributed by atoms with E-state index in [0.29, 0.717) is 5.56 Å². The number of nitrogens with zero attached hydrogens (tertiary/aromatic N) is 1. The largest absolute Gasteiger partial charge is 0.545 e. The van der Waals surface area contributed by atoms with Crippen LogP contribution >= 0.6 is 0 Å². The highest BCUT2D eigenvalue weighted by Gasteiger charge is 1.99. The van der Waals surface area contributed by atoms with Crippen LogP contribution in [0, 0.1) is 0 Å². The maximum absolute atomic E-state index is 10.4. The van der Waals surface area contributed by atoms with Crippen LogP contribution in [0.4, 0.5) is 0 Å². The van der Waals surface area contributed by atoms with Crippen LogP contribution < -0.4 is 5.11 Å². The van der Waals surface area contributed by atoms with Crippen LogP contribution in [0.2, 0.25) is 0 Å². The van der Waals surface area contributed by atoms with Gasteiger partial charge >= 0.3 is 0 Å². The van der Waals surface area contributed by atoms with E-state index in [0.717, 1.165) is 11.0 Å². The summed E-state index contributed by atoms with van der Waals surface area (Å²) in [5.41, 5.74) is 0.773. The Morgan fingerprint density at radius 3 is 2.11 bits per heavy atom. The van der Waals surface area contributed by atoms with Gasteiger partial charge in [0.15, 0.2) is 0 Å². The van der Waals surface area contributed by atoms with Crippen LogP contribution in [0.1, 0.15) is 15.9 Å². The first-order chi connectivity index (χ1) is 8.31. The highest BCUT2D eigenvalue weighted by Crippen LogP contribution is 2.07. The molecule has 3 nitrogen and oxygen atoms in total. The molecular weight excluding hydrogens is 226 g/mol. The third-order valence-corrected chi connectivity index (χ3v) is 2.08. The van der Waals surface area contributed by atoms with E-state index in [1.165, 1.54) is 12.1 Å². The molecule has 18 heavy (non-hydrogen) atoms. The van der Waals surface area contributed by atoms with Crippen molar-refractivity contribution in [3.8, 4) is 0 Å². The normalized spacial score (nSPS) is 9.94. The fraction of sp³-hybridized carbons (Fsp3) is 0.267. The molecule has 0 aliphatic rings. The number of likely N-dealkylation sites (N-methyl/N-ethyl adjacent to an activating group) is 1. The van der Waals surface area contributed by atoms with Crippen molar-refractivity contribution in [3.63, 3.8) is 0 Å². The van der Waals surface area contributed by atoms with Crippen LogP contribution in [0.15, 0.2) is 43.5 Å². The summed E-state index contributed by atoms with van der Waals surface area (Å²) in [6.07, 6.45) is 3.42. The molecule has 1 aromatic carbocycles. The standard InChI is InChI=1S/C9H8O2.C6H14N/c1-2-7-5-3-4-6-8(7)9(10)11;1-5-6-7(2,3)4/h2-6H,1H2,(H,10,11);5H,1,6H2,2-4H3/q;+1/p-1.